The fraction of sp³-hybridized carbons (Fsp3) is 0.611. The van der Waals surface area contributed by atoms with Crippen LogP contribution in [0.25, 0.3) is 0 Å². The van der Waals surface area contributed by atoms with Gasteiger partial charge < -0.3 is 15.4 Å². The third kappa shape index (κ3) is 5.51. The van der Waals surface area contributed by atoms with Crippen molar-refractivity contribution in [3.05, 3.63) is 29.3 Å². The maximum absolute atomic E-state index is 12.8. The van der Waals surface area contributed by atoms with Crippen LogP contribution in [0, 0.1) is 6.92 Å². The average Bonchev–Trinajstić information content (AvgIpc) is 2.65. The molecule has 1 saturated heterocycles. The maximum Gasteiger partial charge on any atom is 0.251 e. The predicted molar refractivity (Wildman–Crippen MR) is 101 cm³/mol. The molecule has 0 aromatic heterocycles. The number of benzene rings is 1. The molecule has 1 amide bonds. The number of hydrogen-bond donors (Lipinski definition) is 2. The van der Waals surface area contributed by atoms with Crippen LogP contribution >= 0.6 is 0 Å². The molecular weight excluding hydrogens is 354 g/mol. The third-order valence-corrected chi connectivity index (χ3v) is 6.37. The Morgan fingerprint density at radius 1 is 1.15 bits per heavy atom. The van der Waals surface area contributed by atoms with Crippen LogP contribution < -0.4 is 10.6 Å². The first-order valence-electron chi connectivity index (χ1n) is 9.05. The minimum Gasteiger partial charge on any atom is -0.383 e. The highest BCUT2D eigenvalue weighted by molar-refractivity contribution is 7.89. The van der Waals surface area contributed by atoms with E-state index in [4.69, 9.17) is 4.74 Å². The number of methoxy groups -OCH3 is 1. The molecule has 0 spiro atoms. The number of nitrogens with one attached hydrogen (secondary N) is 2. The van der Waals surface area contributed by atoms with Crippen molar-refractivity contribution in [3.63, 3.8) is 0 Å². The first-order chi connectivity index (χ1) is 12.5. The van der Waals surface area contributed by atoms with Gasteiger partial charge in [0.1, 0.15) is 0 Å². The average molecular weight is 384 g/mol. The van der Waals surface area contributed by atoms with Crippen LogP contribution in [0.1, 0.15) is 35.2 Å². The highest BCUT2D eigenvalue weighted by Crippen LogP contribution is 2.22. The van der Waals surface area contributed by atoms with Crippen LogP contribution in [-0.2, 0) is 14.8 Å². The number of carbonyl (C=O) groups excluding carboxylic acids is 1. The van der Waals surface area contributed by atoms with Gasteiger partial charge in [0.2, 0.25) is 10.0 Å². The SMILES string of the molecule is COCCNCCNC(=O)c1cc(S(=O)(=O)N2CCCCC2)ccc1C. The Bertz CT molecular complexity index is 700. The molecule has 2 rings (SSSR count). The molecule has 0 atom stereocenters. The molecule has 0 saturated carbocycles. The lowest BCUT2D eigenvalue weighted by Gasteiger charge is -2.26. The summed E-state index contributed by atoms with van der Waals surface area (Å²) in [5.41, 5.74) is 1.16. The molecule has 0 bridgehead atoms. The van der Waals surface area contributed by atoms with E-state index in [-0.39, 0.29) is 10.8 Å². The van der Waals surface area contributed by atoms with Crippen molar-refractivity contribution in [2.24, 2.45) is 0 Å². The third-order valence-electron chi connectivity index (χ3n) is 4.48. The molecule has 146 valence electrons. The molecule has 8 heteroatoms. The van der Waals surface area contributed by atoms with E-state index in [9.17, 15) is 13.2 Å². The summed E-state index contributed by atoms with van der Waals surface area (Å²) in [4.78, 5) is 12.6. The van der Waals surface area contributed by atoms with Gasteiger partial charge in [0.15, 0.2) is 0 Å². The molecule has 1 aliphatic rings. The molecule has 1 aromatic rings. The number of carbonyl (C=O) groups is 1. The molecule has 0 radical (unpaired) electrons. The van der Waals surface area contributed by atoms with E-state index in [0.717, 1.165) is 31.4 Å². The summed E-state index contributed by atoms with van der Waals surface area (Å²) in [6.45, 7) is 5.32. The van der Waals surface area contributed by atoms with E-state index in [1.807, 2.05) is 6.92 Å². The second-order valence-electron chi connectivity index (χ2n) is 6.44. The number of ether oxygens (including phenoxy) is 1. The topological polar surface area (TPSA) is 87.7 Å². The van der Waals surface area contributed by atoms with Crippen LogP contribution in [-0.4, -0.2) is 65.1 Å². The lowest BCUT2D eigenvalue weighted by molar-refractivity contribution is 0.0953. The molecule has 1 aliphatic heterocycles. The van der Waals surface area contributed by atoms with Crippen molar-refractivity contribution in [1.82, 2.24) is 14.9 Å². The Balaban J connectivity index is 2.03. The molecule has 1 fully saturated rings. The van der Waals surface area contributed by atoms with E-state index in [2.05, 4.69) is 10.6 Å². The normalized spacial score (nSPS) is 15.8. The summed E-state index contributed by atoms with van der Waals surface area (Å²) in [5, 5.41) is 5.97. The first-order valence-corrected chi connectivity index (χ1v) is 10.5. The summed E-state index contributed by atoms with van der Waals surface area (Å²) in [7, 11) is -1.91. The van der Waals surface area contributed by atoms with Crippen molar-refractivity contribution in [2.75, 3.05) is 46.4 Å². The Kier molecular flexibility index (Phi) is 8.02. The Morgan fingerprint density at radius 3 is 2.58 bits per heavy atom. The van der Waals surface area contributed by atoms with E-state index < -0.39 is 10.0 Å². The summed E-state index contributed by atoms with van der Waals surface area (Å²) in [6, 6.07) is 4.78. The first kappa shape index (κ1) is 20.8. The molecule has 1 heterocycles. The number of piperidine rings is 1. The summed E-state index contributed by atoms with van der Waals surface area (Å²) >= 11 is 0. The van der Waals surface area contributed by atoms with Gasteiger partial charge in [-0.1, -0.05) is 12.5 Å². The van der Waals surface area contributed by atoms with E-state index >= 15 is 0 Å². The largest absolute Gasteiger partial charge is 0.383 e. The smallest absolute Gasteiger partial charge is 0.251 e. The van der Waals surface area contributed by atoms with Gasteiger partial charge in [-0.3, -0.25) is 4.79 Å². The predicted octanol–water partition coefficient (Wildman–Crippen LogP) is 1.14. The van der Waals surface area contributed by atoms with Crippen LogP contribution in [0.15, 0.2) is 23.1 Å². The lowest BCUT2D eigenvalue weighted by Crippen LogP contribution is -2.36. The van der Waals surface area contributed by atoms with Gasteiger partial charge >= 0.3 is 0 Å². The Labute approximate surface area is 156 Å². The van der Waals surface area contributed by atoms with Gasteiger partial charge in [-0.15, -0.1) is 0 Å². The van der Waals surface area contributed by atoms with Gasteiger partial charge in [0.05, 0.1) is 11.5 Å². The Morgan fingerprint density at radius 2 is 1.88 bits per heavy atom. The number of aryl methyl sites for hydroxylation is 1. The Hall–Kier alpha value is -1.48. The monoisotopic (exact) mass is 383 g/mol. The van der Waals surface area contributed by atoms with Crippen LogP contribution in [0.2, 0.25) is 0 Å². The molecular formula is C18H29N3O4S. The summed E-state index contributed by atoms with van der Waals surface area (Å²) < 4.78 is 32.1. The highest BCUT2D eigenvalue weighted by Gasteiger charge is 2.26. The molecule has 1 aromatic carbocycles. The van der Waals surface area contributed by atoms with Crippen molar-refractivity contribution >= 4 is 15.9 Å². The standard InChI is InChI=1S/C18H29N3O4S/c1-15-6-7-16(26(23,24)21-11-4-3-5-12-21)14-17(15)18(22)20-9-8-19-10-13-25-2/h6-7,14,19H,3-5,8-13H2,1-2H3,(H,20,22). The minimum atomic E-state index is -3.54. The van der Waals surface area contributed by atoms with Crippen LogP contribution in [0.4, 0.5) is 0 Å². The molecule has 0 aliphatic carbocycles. The van der Waals surface area contributed by atoms with Crippen molar-refractivity contribution in [2.45, 2.75) is 31.1 Å². The van der Waals surface area contributed by atoms with Crippen LogP contribution in [0.5, 0.6) is 0 Å². The highest BCUT2D eigenvalue weighted by atomic mass is 32.2. The van der Waals surface area contributed by atoms with Gasteiger partial charge in [0.25, 0.3) is 5.91 Å². The molecule has 2 N–H and O–H groups in total. The quantitative estimate of drug-likeness (QED) is 0.624. The van der Waals surface area contributed by atoms with Crippen molar-refractivity contribution < 1.29 is 17.9 Å². The van der Waals surface area contributed by atoms with E-state index in [0.29, 0.717) is 38.3 Å². The minimum absolute atomic E-state index is 0.188. The summed E-state index contributed by atoms with van der Waals surface area (Å²) in [5.74, 6) is -0.258. The van der Waals surface area contributed by atoms with Gasteiger partial charge in [0, 0.05) is 45.4 Å². The lowest BCUT2D eigenvalue weighted by atomic mass is 10.1. The van der Waals surface area contributed by atoms with Gasteiger partial charge in [-0.05, 0) is 37.5 Å². The second-order valence-corrected chi connectivity index (χ2v) is 8.38. The zero-order valence-corrected chi connectivity index (χ0v) is 16.4. The fourth-order valence-corrected chi connectivity index (χ4v) is 4.46. The van der Waals surface area contributed by atoms with Gasteiger partial charge in [-0.25, -0.2) is 8.42 Å². The number of amides is 1. The molecule has 26 heavy (non-hydrogen) atoms. The van der Waals surface area contributed by atoms with Crippen LogP contribution in [0.3, 0.4) is 0 Å². The fourth-order valence-electron chi connectivity index (χ4n) is 2.92. The number of hydrogen-bond acceptors (Lipinski definition) is 5. The maximum atomic E-state index is 12.8. The summed E-state index contributed by atoms with van der Waals surface area (Å²) in [6.07, 6.45) is 2.83. The number of nitrogens with zero attached hydrogens (tertiary/aromatic N) is 1. The zero-order valence-electron chi connectivity index (χ0n) is 15.6. The second kappa shape index (κ2) is 10.0. The van der Waals surface area contributed by atoms with E-state index in [1.165, 1.54) is 10.4 Å². The van der Waals surface area contributed by atoms with Gasteiger partial charge in [-0.2, -0.15) is 4.31 Å². The van der Waals surface area contributed by atoms with Crippen molar-refractivity contribution in [1.29, 1.82) is 0 Å². The van der Waals surface area contributed by atoms with E-state index in [1.54, 1.807) is 19.2 Å². The molecule has 7 nitrogen and oxygen atoms in total. The molecule has 0 unspecified atom stereocenters. The van der Waals surface area contributed by atoms with Crippen molar-refractivity contribution in [3.8, 4) is 0 Å². The number of rotatable bonds is 9. The number of sulfonamides is 1. The zero-order chi connectivity index (χ0) is 19.0.